The lowest BCUT2D eigenvalue weighted by Gasteiger charge is -2.36. The molecule has 3 saturated heterocycles. The van der Waals surface area contributed by atoms with Crippen molar-refractivity contribution in [3.8, 4) is 0 Å². The van der Waals surface area contributed by atoms with Crippen LogP contribution in [0.1, 0.15) is 12.8 Å². The van der Waals surface area contributed by atoms with Gasteiger partial charge in [0, 0.05) is 71.4 Å². The first-order chi connectivity index (χ1) is 12.8. The maximum absolute atomic E-state index is 11.7. The van der Waals surface area contributed by atoms with E-state index in [4.69, 9.17) is 4.74 Å². The molecule has 4 rings (SSSR count). The lowest BCUT2D eigenvalue weighted by Crippen LogP contribution is -2.49. The van der Waals surface area contributed by atoms with Crippen LogP contribution in [-0.2, 0) is 9.53 Å². The number of rotatable bonds is 5. The zero-order valence-electron chi connectivity index (χ0n) is 15.3. The number of amides is 1. The Bertz CT molecular complexity index is 613. The molecule has 3 fully saturated rings. The highest BCUT2D eigenvalue weighted by Gasteiger charge is 2.23. The van der Waals surface area contributed by atoms with Crippen molar-refractivity contribution in [3.63, 3.8) is 0 Å². The Morgan fingerprint density at radius 3 is 2.23 bits per heavy atom. The average molecular weight is 360 g/mol. The predicted octanol–water partition coefficient (Wildman–Crippen LogP) is 0.0576. The average Bonchev–Trinajstić information content (AvgIpc) is 3.12. The standard InChI is InChI=1S/C18H28N6O2/c25-18-2-1-3-24(18)9-6-21-4-7-22(8-5-21)16-14-17(20-15-19-16)23-10-12-26-13-11-23/h14-15H,1-13H2. The van der Waals surface area contributed by atoms with Gasteiger partial charge in [-0.2, -0.15) is 0 Å². The number of anilines is 2. The fraction of sp³-hybridized carbons (Fsp3) is 0.722. The van der Waals surface area contributed by atoms with Crippen molar-refractivity contribution >= 4 is 17.5 Å². The number of aromatic nitrogens is 2. The highest BCUT2D eigenvalue weighted by molar-refractivity contribution is 5.78. The van der Waals surface area contributed by atoms with Crippen LogP contribution in [0.4, 0.5) is 11.6 Å². The molecule has 1 amide bonds. The van der Waals surface area contributed by atoms with Gasteiger partial charge in [0.05, 0.1) is 13.2 Å². The Hall–Kier alpha value is -1.93. The fourth-order valence-corrected chi connectivity index (χ4v) is 3.88. The molecule has 0 unspecified atom stereocenters. The van der Waals surface area contributed by atoms with Gasteiger partial charge in [0.1, 0.15) is 18.0 Å². The van der Waals surface area contributed by atoms with Crippen LogP contribution in [0.2, 0.25) is 0 Å². The Morgan fingerprint density at radius 1 is 0.885 bits per heavy atom. The normalized spacial score (nSPS) is 22.3. The van der Waals surface area contributed by atoms with Crippen LogP contribution in [0.3, 0.4) is 0 Å². The number of carbonyl (C=O) groups is 1. The van der Waals surface area contributed by atoms with Gasteiger partial charge in [-0.3, -0.25) is 9.69 Å². The summed E-state index contributed by atoms with van der Waals surface area (Å²) >= 11 is 0. The van der Waals surface area contributed by atoms with Crippen LogP contribution in [-0.4, -0.2) is 97.8 Å². The maximum Gasteiger partial charge on any atom is 0.222 e. The largest absolute Gasteiger partial charge is 0.378 e. The number of piperazine rings is 1. The Morgan fingerprint density at radius 2 is 1.58 bits per heavy atom. The highest BCUT2D eigenvalue weighted by atomic mass is 16.5. The molecule has 3 aliphatic rings. The van der Waals surface area contributed by atoms with Gasteiger partial charge in [-0.1, -0.05) is 0 Å². The van der Waals surface area contributed by atoms with Gasteiger partial charge >= 0.3 is 0 Å². The minimum atomic E-state index is 0.320. The van der Waals surface area contributed by atoms with Crippen LogP contribution in [0.25, 0.3) is 0 Å². The second-order valence-corrected chi connectivity index (χ2v) is 7.15. The number of nitrogens with zero attached hydrogens (tertiary/aromatic N) is 6. The van der Waals surface area contributed by atoms with Gasteiger partial charge in [-0.25, -0.2) is 9.97 Å². The molecule has 26 heavy (non-hydrogen) atoms. The summed E-state index contributed by atoms with van der Waals surface area (Å²) < 4.78 is 5.42. The van der Waals surface area contributed by atoms with Crippen molar-refractivity contribution in [3.05, 3.63) is 12.4 Å². The molecule has 1 aromatic rings. The first kappa shape index (κ1) is 17.5. The molecule has 0 N–H and O–H groups in total. The highest BCUT2D eigenvalue weighted by Crippen LogP contribution is 2.20. The van der Waals surface area contributed by atoms with Crippen LogP contribution < -0.4 is 9.80 Å². The molecular weight excluding hydrogens is 332 g/mol. The topological polar surface area (TPSA) is 65.0 Å². The molecule has 0 radical (unpaired) electrons. The van der Waals surface area contributed by atoms with Crippen molar-refractivity contribution in [2.45, 2.75) is 12.8 Å². The van der Waals surface area contributed by atoms with Gasteiger partial charge in [-0.15, -0.1) is 0 Å². The quantitative estimate of drug-likeness (QED) is 0.735. The first-order valence-electron chi connectivity index (χ1n) is 9.69. The molecule has 3 aliphatic heterocycles. The van der Waals surface area contributed by atoms with E-state index in [2.05, 4.69) is 30.7 Å². The molecular formula is C18H28N6O2. The minimum Gasteiger partial charge on any atom is -0.378 e. The molecule has 0 aliphatic carbocycles. The lowest BCUT2D eigenvalue weighted by atomic mass is 10.3. The van der Waals surface area contributed by atoms with E-state index in [0.29, 0.717) is 5.91 Å². The van der Waals surface area contributed by atoms with Crippen molar-refractivity contribution in [1.82, 2.24) is 19.8 Å². The minimum absolute atomic E-state index is 0.320. The molecule has 0 saturated carbocycles. The van der Waals surface area contributed by atoms with Crippen LogP contribution in [0, 0.1) is 0 Å². The van der Waals surface area contributed by atoms with Crippen LogP contribution in [0.5, 0.6) is 0 Å². The lowest BCUT2D eigenvalue weighted by molar-refractivity contribution is -0.127. The second kappa shape index (κ2) is 8.18. The van der Waals surface area contributed by atoms with Gasteiger partial charge < -0.3 is 19.4 Å². The van der Waals surface area contributed by atoms with Crippen molar-refractivity contribution < 1.29 is 9.53 Å². The summed E-state index contributed by atoms with van der Waals surface area (Å²) in [5.74, 6) is 2.32. The molecule has 1 aromatic heterocycles. The Labute approximate surface area is 154 Å². The zero-order chi connectivity index (χ0) is 17.8. The van der Waals surface area contributed by atoms with E-state index in [9.17, 15) is 4.79 Å². The van der Waals surface area contributed by atoms with E-state index in [0.717, 1.165) is 96.6 Å². The number of hydrogen-bond donors (Lipinski definition) is 0. The summed E-state index contributed by atoms with van der Waals surface area (Å²) in [5.41, 5.74) is 0. The van der Waals surface area contributed by atoms with E-state index in [1.165, 1.54) is 0 Å². The van der Waals surface area contributed by atoms with Gasteiger partial charge in [0.2, 0.25) is 5.91 Å². The number of carbonyl (C=O) groups excluding carboxylic acids is 1. The summed E-state index contributed by atoms with van der Waals surface area (Å²) in [6.45, 7) is 10.0. The summed E-state index contributed by atoms with van der Waals surface area (Å²) in [5, 5.41) is 0. The molecule has 142 valence electrons. The third-order valence-corrected chi connectivity index (χ3v) is 5.53. The predicted molar refractivity (Wildman–Crippen MR) is 99.5 cm³/mol. The Kier molecular flexibility index (Phi) is 5.50. The third kappa shape index (κ3) is 4.07. The zero-order valence-corrected chi connectivity index (χ0v) is 15.3. The fourth-order valence-electron chi connectivity index (χ4n) is 3.88. The monoisotopic (exact) mass is 360 g/mol. The molecule has 8 nitrogen and oxygen atoms in total. The van der Waals surface area contributed by atoms with Crippen LogP contribution >= 0.6 is 0 Å². The molecule has 0 atom stereocenters. The SMILES string of the molecule is O=C1CCCN1CCN1CCN(c2cc(N3CCOCC3)ncn2)CC1. The number of ether oxygens (including phenoxy) is 1. The number of likely N-dealkylation sites (tertiary alicyclic amines) is 1. The van der Waals surface area contributed by atoms with E-state index in [-0.39, 0.29) is 0 Å². The van der Waals surface area contributed by atoms with Gasteiger partial charge in [0.25, 0.3) is 0 Å². The summed E-state index contributed by atoms with van der Waals surface area (Å²) in [6, 6.07) is 2.10. The number of morpholine rings is 1. The molecule has 8 heteroatoms. The van der Waals surface area contributed by atoms with E-state index in [1.54, 1.807) is 6.33 Å². The number of hydrogen-bond acceptors (Lipinski definition) is 7. The molecule has 0 aromatic carbocycles. The van der Waals surface area contributed by atoms with Crippen molar-refractivity contribution in [2.24, 2.45) is 0 Å². The molecule has 0 bridgehead atoms. The Balaban J connectivity index is 1.28. The summed E-state index contributed by atoms with van der Waals surface area (Å²) in [6.07, 6.45) is 3.42. The summed E-state index contributed by atoms with van der Waals surface area (Å²) in [7, 11) is 0. The summed E-state index contributed by atoms with van der Waals surface area (Å²) in [4.78, 5) is 29.7. The second-order valence-electron chi connectivity index (χ2n) is 7.15. The van der Waals surface area contributed by atoms with E-state index in [1.807, 2.05) is 4.90 Å². The van der Waals surface area contributed by atoms with Gasteiger partial charge in [-0.05, 0) is 6.42 Å². The third-order valence-electron chi connectivity index (χ3n) is 5.53. The molecule has 4 heterocycles. The van der Waals surface area contributed by atoms with Crippen molar-refractivity contribution in [1.29, 1.82) is 0 Å². The molecule has 0 spiro atoms. The van der Waals surface area contributed by atoms with E-state index < -0.39 is 0 Å². The smallest absolute Gasteiger partial charge is 0.222 e. The van der Waals surface area contributed by atoms with Crippen molar-refractivity contribution in [2.75, 3.05) is 81.9 Å². The van der Waals surface area contributed by atoms with E-state index >= 15 is 0 Å². The van der Waals surface area contributed by atoms with Crippen LogP contribution in [0.15, 0.2) is 12.4 Å². The van der Waals surface area contributed by atoms with Gasteiger partial charge in [0.15, 0.2) is 0 Å². The first-order valence-corrected chi connectivity index (χ1v) is 9.69. The maximum atomic E-state index is 11.7.